The second kappa shape index (κ2) is 10.2. The zero-order chi connectivity index (χ0) is 24.9. The molecular weight excluding hydrogens is 448 g/mol. The number of Topliss-reactive ketones (excluding diaryl/α,β-unsaturated/α-hetero) is 1. The second-order valence-corrected chi connectivity index (χ2v) is 8.52. The molecule has 0 bridgehead atoms. The molecule has 5 rings (SSSR count). The minimum atomic E-state index is 0.0502. The topological polar surface area (TPSA) is 93.6 Å². The van der Waals surface area contributed by atoms with Crippen molar-refractivity contribution >= 4 is 17.4 Å². The summed E-state index contributed by atoms with van der Waals surface area (Å²) in [6, 6.07) is 21.1. The Morgan fingerprint density at radius 2 is 1.39 bits per heavy atom. The lowest BCUT2D eigenvalue weighted by atomic mass is 10.00. The van der Waals surface area contributed by atoms with Gasteiger partial charge in [-0.05, 0) is 55.3 Å². The van der Waals surface area contributed by atoms with Crippen molar-refractivity contribution in [2.75, 3.05) is 5.32 Å². The van der Waals surface area contributed by atoms with E-state index in [4.69, 9.17) is 0 Å². The number of benzene rings is 2. The molecule has 176 valence electrons. The van der Waals surface area contributed by atoms with Crippen LogP contribution in [0.4, 0.5) is 11.6 Å². The van der Waals surface area contributed by atoms with E-state index >= 15 is 0 Å². The summed E-state index contributed by atoms with van der Waals surface area (Å²) in [6.45, 7) is 4.00. The largest absolute Gasteiger partial charge is 0.324 e. The van der Waals surface area contributed by atoms with Gasteiger partial charge in [-0.25, -0.2) is 4.98 Å². The van der Waals surface area contributed by atoms with Crippen LogP contribution in [0.5, 0.6) is 0 Å². The van der Waals surface area contributed by atoms with Crippen LogP contribution in [0.2, 0.25) is 0 Å². The van der Waals surface area contributed by atoms with Crippen LogP contribution in [0.3, 0.4) is 0 Å². The molecule has 0 radical (unpaired) electrons. The molecule has 36 heavy (non-hydrogen) atoms. The molecule has 0 amide bonds. The lowest BCUT2D eigenvalue weighted by molar-refractivity contribution is 0.0993. The number of nitrogens with zero attached hydrogens (tertiary/aromatic N) is 5. The highest BCUT2D eigenvalue weighted by Crippen LogP contribution is 2.25. The highest BCUT2D eigenvalue weighted by molar-refractivity contribution is 5.98. The van der Waals surface area contributed by atoms with Crippen molar-refractivity contribution in [2.24, 2.45) is 0 Å². The maximum absolute atomic E-state index is 13.0. The number of hydrogen-bond donors (Lipinski definition) is 1. The Kier molecular flexibility index (Phi) is 6.53. The van der Waals surface area contributed by atoms with E-state index in [-0.39, 0.29) is 5.78 Å². The maximum atomic E-state index is 13.0. The van der Waals surface area contributed by atoms with Gasteiger partial charge in [0.05, 0.1) is 0 Å². The van der Waals surface area contributed by atoms with E-state index in [1.54, 1.807) is 24.8 Å². The van der Waals surface area contributed by atoms with Crippen LogP contribution in [0.25, 0.3) is 22.8 Å². The third-order valence-electron chi connectivity index (χ3n) is 5.77. The molecule has 0 aliphatic carbocycles. The average molecular weight is 473 g/mol. The SMILES string of the molecule is Cc1cccc(CC(=O)c2ccc(C)c(Nc3nc(-c4ccncc4)nc(-c4ccncc4)n3)c2)c1. The van der Waals surface area contributed by atoms with Crippen LogP contribution in [-0.2, 0) is 6.42 Å². The number of rotatable bonds is 7. The van der Waals surface area contributed by atoms with Gasteiger partial charge < -0.3 is 5.32 Å². The number of carbonyl (C=O) groups excluding carboxylic acids is 1. The average Bonchev–Trinajstić information content (AvgIpc) is 2.91. The molecule has 0 saturated carbocycles. The number of aromatic nitrogens is 5. The minimum Gasteiger partial charge on any atom is -0.324 e. The summed E-state index contributed by atoms with van der Waals surface area (Å²) in [6.07, 6.45) is 7.14. The maximum Gasteiger partial charge on any atom is 0.231 e. The van der Waals surface area contributed by atoms with Gasteiger partial charge in [0.25, 0.3) is 0 Å². The van der Waals surface area contributed by atoms with Gasteiger partial charge in [-0.3, -0.25) is 14.8 Å². The zero-order valence-corrected chi connectivity index (χ0v) is 20.0. The highest BCUT2D eigenvalue weighted by Gasteiger charge is 2.14. The van der Waals surface area contributed by atoms with Crippen LogP contribution in [-0.4, -0.2) is 30.7 Å². The minimum absolute atomic E-state index is 0.0502. The van der Waals surface area contributed by atoms with E-state index in [1.165, 1.54) is 0 Å². The van der Waals surface area contributed by atoms with Crippen molar-refractivity contribution in [3.63, 3.8) is 0 Å². The molecule has 3 aromatic heterocycles. The predicted molar refractivity (Wildman–Crippen MR) is 140 cm³/mol. The summed E-state index contributed by atoms with van der Waals surface area (Å²) < 4.78 is 0. The van der Waals surface area contributed by atoms with Gasteiger partial charge in [-0.2, -0.15) is 9.97 Å². The van der Waals surface area contributed by atoms with Crippen molar-refractivity contribution in [1.82, 2.24) is 24.9 Å². The van der Waals surface area contributed by atoms with Crippen molar-refractivity contribution < 1.29 is 4.79 Å². The first kappa shape index (κ1) is 23.0. The zero-order valence-electron chi connectivity index (χ0n) is 20.0. The summed E-state index contributed by atoms with van der Waals surface area (Å²) in [5.41, 5.74) is 6.14. The van der Waals surface area contributed by atoms with Crippen LogP contribution >= 0.6 is 0 Å². The standard InChI is InChI=1S/C29H24N6O/c1-19-4-3-5-21(16-19)17-26(36)24-7-6-20(2)25(18-24)32-29-34-27(22-8-12-30-13-9-22)33-28(35-29)23-10-14-31-15-11-23/h3-16,18H,17H2,1-2H3,(H,32,33,34,35). The Labute approximate surface area is 209 Å². The summed E-state index contributed by atoms with van der Waals surface area (Å²) in [4.78, 5) is 35.2. The molecule has 5 aromatic rings. The quantitative estimate of drug-likeness (QED) is 0.300. The van der Waals surface area contributed by atoms with E-state index in [1.807, 2.05) is 80.6 Å². The molecule has 0 unspecified atom stereocenters. The summed E-state index contributed by atoms with van der Waals surface area (Å²) >= 11 is 0. The molecule has 0 aliphatic heterocycles. The van der Waals surface area contributed by atoms with Gasteiger partial charge in [-0.15, -0.1) is 0 Å². The highest BCUT2D eigenvalue weighted by atomic mass is 16.1. The van der Waals surface area contributed by atoms with Crippen LogP contribution in [0.1, 0.15) is 27.0 Å². The van der Waals surface area contributed by atoms with Gasteiger partial charge in [0, 0.05) is 53.6 Å². The fourth-order valence-electron chi connectivity index (χ4n) is 3.85. The van der Waals surface area contributed by atoms with Gasteiger partial charge >= 0.3 is 0 Å². The third-order valence-corrected chi connectivity index (χ3v) is 5.77. The van der Waals surface area contributed by atoms with Gasteiger partial charge in [0.15, 0.2) is 17.4 Å². The van der Waals surface area contributed by atoms with E-state index < -0.39 is 0 Å². The lowest BCUT2D eigenvalue weighted by Crippen LogP contribution is -2.07. The molecule has 1 N–H and O–H groups in total. The predicted octanol–water partition coefficient (Wildman–Crippen LogP) is 5.78. The van der Waals surface area contributed by atoms with E-state index in [2.05, 4.69) is 30.2 Å². The van der Waals surface area contributed by atoms with Crippen molar-refractivity contribution in [3.05, 3.63) is 114 Å². The number of carbonyl (C=O) groups is 1. The molecular formula is C29H24N6O. The first-order valence-electron chi connectivity index (χ1n) is 11.6. The normalized spacial score (nSPS) is 10.7. The summed E-state index contributed by atoms with van der Waals surface area (Å²) in [5.74, 6) is 1.47. The summed E-state index contributed by atoms with van der Waals surface area (Å²) in [7, 11) is 0. The number of anilines is 2. The van der Waals surface area contributed by atoms with Crippen molar-refractivity contribution in [1.29, 1.82) is 0 Å². The Morgan fingerprint density at radius 3 is 2.00 bits per heavy atom. The second-order valence-electron chi connectivity index (χ2n) is 8.52. The number of aryl methyl sites for hydroxylation is 2. The van der Waals surface area contributed by atoms with Crippen LogP contribution < -0.4 is 5.32 Å². The van der Waals surface area contributed by atoms with E-state index in [0.29, 0.717) is 29.6 Å². The molecule has 7 nitrogen and oxygen atoms in total. The van der Waals surface area contributed by atoms with Gasteiger partial charge in [0.2, 0.25) is 5.95 Å². The van der Waals surface area contributed by atoms with Gasteiger partial charge in [-0.1, -0.05) is 42.0 Å². The number of nitrogens with one attached hydrogen (secondary N) is 1. The molecule has 0 fully saturated rings. The smallest absolute Gasteiger partial charge is 0.231 e. The number of pyridine rings is 2. The lowest BCUT2D eigenvalue weighted by Gasteiger charge is -2.12. The Bertz CT molecular complexity index is 1460. The van der Waals surface area contributed by atoms with E-state index in [0.717, 1.165) is 33.5 Å². The molecule has 0 spiro atoms. The van der Waals surface area contributed by atoms with E-state index in [9.17, 15) is 4.79 Å². The van der Waals surface area contributed by atoms with Crippen LogP contribution in [0.15, 0.2) is 91.5 Å². The molecule has 3 heterocycles. The van der Waals surface area contributed by atoms with Gasteiger partial charge in [0.1, 0.15) is 0 Å². The Balaban J connectivity index is 1.48. The molecule has 0 atom stereocenters. The number of ketones is 1. The third kappa shape index (κ3) is 5.31. The molecule has 0 saturated heterocycles. The fraction of sp³-hybridized carbons (Fsp3) is 0.103. The first-order valence-corrected chi connectivity index (χ1v) is 11.6. The molecule has 0 aliphatic rings. The van der Waals surface area contributed by atoms with Crippen molar-refractivity contribution in [3.8, 4) is 22.8 Å². The summed E-state index contributed by atoms with van der Waals surface area (Å²) in [5, 5.41) is 3.32. The number of hydrogen-bond acceptors (Lipinski definition) is 7. The first-order chi connectivity index (χ1) is 17.5. The Morgan fingerprint density at radius 1 is 0.750 bits per heavy atom. The molecule has 7 heteroatoms. The monoisotopic (exact) mass is 472 g/mol. The fourth-order valence-corrected chi connectivity index (χ4v) is 3.85. The van der Waals surface area contributed by atoms with Crippen LogP contribution in [0, 0.1) is 13.8 Å². The molecule has 2 aromatic carbocycles. The Hall–Kier alpha value is -4.78. The van der Waals surface area contributed by atoms with Crippen molar-refractivity contribution in [2.45, 2.75) is 20.3 Å².